The number of hydrogen-bond acceptors (Lipinski definition) is 5. The van der Waals surface area contributed by atoms with Crippen molar-refractivity contribution < 1.29 is 14.4 Å². The van der Waals surface area contributed by atoms with Gasteiger partial charge in [-0.25, -0.2) is 0 Å². The Bertz CT molecular complexity index is 782. The zero-order valence-corrected chi connectivity index (χ0v) is 15.6. The van der Waals surface area contributed by atoms with Crippen LogP contribution in [0.15, 0.2) is 18.2 Å². The minimum absolute atomic E-state index is 0.116. The van der Waals surface area contributed by atoms with E-state index in [-0.39, 0.29) is 24.1 Å². The average molecular weight is 370 g/mol. The van der Waals surface area contributed by atoms with Crippen molar-refractivity contribution in [3.63, 3.8) is 0 Å². The third-order valence-electron chi connectivity index (χ3n) is 6.17. The topological polar surface area (TPSA) is 90.5 Å². The van der Waals surface area contributed by atoms with Crippen LogP contribution in [0.2, 0.25) is 0 Å². The van der Waals surface area contributed by atoms with Gasteiger partial charge in [-0.05, 0) is 30.0 Å². The molecule has 4 rings (SSSR count). The van der Waals surface area contributed by atoms with Crippen LogP contribution in [0.25, 0.3) is 0 Å². The maximum Gasteiger partial charge on any atom is 0.255 e. The van der Waals surface area contributed by atoms with E-state index in [4.69, 9.17) is 0 Å². The molecule has 1 atom stereocenters. The number of carbonyl (C=O) groups excluding carboxylic acids is 3. The number of nitrogens with zero attached hydrogens (tertiary/aromatic N) is 1. The van der Waals surface area contributed by atoms with Gasteiger partial charge in [-0.2, -0.15) is 0 Å². The lowest BCUT2D eigenvalue weighted by Crippen LogP contribution is -2.57. The quantitative estimate of drug-likeness (QED) is 0.636. The van der Waals surface area contributed by atoms with E-state index in [0.29, 0.717) is 23.9 Å². The molecule has 144 valence electrons. The standard InChI is InChI=1S/C20H26N4O3/c1-2-20(11-22-12-20)10-21-8-13-3-4-14-9-24(19(27)15(14)7-13)16-5-6-17(25)23-18(16)26/h3-4,7,16,21-22H,2,5-6,8-12H2,1H3,(H,23,25,26). The first-order valence-electron chi connectivity index (χ1n) is 9.69. The molecule has 3 heterocycles. The maximum atomic E-state index is 12.8. The molecule has 2 fully saturated rings. The summed E-state index contributed by atoms with van der Waals surface area (Å²) < 4.78 is 0. The van der Waals surface area contributed by atoms with Crippen LogP contribution in [0.4, 0.5) is 0 Å². The van der Waals surface area contributed by atoms with Gasteiger partial charge in [-0.15, -0.1) is 0 Å². The van der Waals surface area contributed by atoms with E-state index in [1.54, 1.807) is 4.90 Å². The fraction of sp³-hybridized carbons (Fsp3) is 0.550. The van der Waals surface area contributed by atoms with Gasteiger partial charge in [0.05, 0.1) is 0 Å². The lowest BCUT2D eigenvalue weighted by molar-refractivity contribution is -0.136. The molecule has 0 aromatic heterocycles. The van der Waals surface area contributed by atoms with E-state index in [9.17, 15) is 14.4 Å². The lowest BCUT2D eigenvalue weighted by atomic mass is 9.79. The highest BCUT2D eigenvalue weighted by Gasteiger charge is 2.39. The molecule has 3 aliphatic rings. The molecule has 3 N–H and O–H groups in total. The van der Waals surface area contributed by atoms with Gasteiger partial charge in [-0.1, -0.05) is 19.1 Å². The molecule has 0 bridgehead atoms. The summed E-state index contributed by atoms with van der Waals surface area (Å²) in [5.74, 6) is -0.747. The zero-order chi connectivity index (χ0) is 19.0. The number of nitrogens with one attached hydrogen (secondary N) is 3. The van der Waals surface area contributed by atoms with Crippen LogP contribution in [-0.2, 0) is 22.7 Å². The van der Waals surface area contributed by atoms with Crippen LogP contribution in [0.1, 0.15) is 47.7 Å². The van der Waals surface area contributed by atoms with Gasteiger partial charge < -0.3 is 15.5 Å². The first-order chi connectivity index (χ1) is 13.0. The minimum atomic E-state index is -0.556. The van der Waals surface area contributed by atoms with Crippen LogP contribution in [-0.4, -0.2) is 48.3 Å². The Hall–Kier alpha value is -2.25. The molecule has 7 nitrogen and oxygen atoms in total. The second kappa shape index (κ2) is 7.05. The van der Waals surface area contributed by atoms with Crippen LogP contribution in [0.5, 0.6) is 0 Å². The molecular formula is C20H26N4O3. The summed E-state index contributed by atoms with van der Waals surface area (Å²) >= 11 is 0. The van der Waals surface area contributed by atoms with E-state index in [0.717, 1.165) is 43.7 Å². The summed E-state index contributed by atoms with van der Waals surface area (Å²) in [6.07, 6.45) is 1.82. The van der Waals surface area contributed by atoms with Crippen molar-refractivity contribution in [2.24, 2.45) is 5.41 Å². The van der Waals surface area contributed by atoms with Gasteiger partial charge in [0.1, 0.15) is 6.04 Å². The van der Waals surface area contributed by atoms with E-state index >= 15 is 0 Å². The number of rotatable bonds is 6. The Morgan fingerprint density at radius 3 is 2.74 bits per heavy atom. The number of piperidine rings is 1. The monoisotopic (exact) mass is 370 g/mol. The van der Waals surface area contributed by atoms with Crippen LogP contribution in [0.3, 0.4) is 0 Å². The summed E-state index contributed by atoms with van der Waals surface area (Å²) in [4.78, 5) is 37.9. The van der Waals surface area contributed by atoms with E-state index in [1.165, 1.54) is 0 Å². The summed E-state index contributed by atoms with van der Waals surface area (Å²) in [7, 11) is 0. The Kier molecular flexibility index (Phi) is 4.74. The number of imide groups is 1. The highest BCUT2D eigenvalue weighted by Crippen LogP contribution is 2.29. The van der Waals surface area contributed by atoms with Crippen molar-refractivity contribution in [3.8, 4) is 0 Å². The number of fused-ring (bicyclic) bond motifs is 1. The van der Waals surface area contributed by atoms with Crippen molar-refractivity contribution in [2.75, 3.05) is 19.6 Å². The van der Waals surface area contributed by atoms with Gasteiger partial charge in [0.25, 0.3) is 5.91 Å². The fourth-order valence-corrected chi connectivity index (χ4v) is 4.16. The summed E-state index contributed by atoms with van der Waals surface area (Å²) in [6, 6.07) is 5.41. The van der Waals surface area contributed by atoms with Gasteiger partial charge in [0.2, 0.25) is 11.8 Å². The van der Waals surface area contributed by atoms with E-state index < -0.39 is 6.04 Å². The van der Waals surface area contributed by atoms with Crippen LogP contribution in [0, 0.1) is 5.41 Å². The lowest BCUT2D eigenvalue weighted by Gasteiger charge is -2.42. The number of hydrogen-bond donors (Lipinski definition) is 3. The SMILES string of the molecule is CCC1(CNCc2ccc3c(c2)C(=O)N(C2CCC(=O)NC2=O)C3)CNC1. The highest BCUT2D eigenvalue weighted by atomic mass is 16.2. The predicted molar refractivity (Wildman–Crippen MR) is 99.8 cm³/mol. The van der Waals surface area contributed by atoms with Crippen molar-refractivity contribution >= 4 is 17.7 Å². The maximum absolute atomic E-state index is 12.8. The average Bonchev–Trinajstić information content (AvgIpc) is 2.94. The summed E-state index contributed by atoms with van der Waals surface area (Å²) in [5.41, 5.74) is 3.05. The zero-order valence-electron chi connectivity index (χ0n) is 15.6. The molecule has 0 radical (unpaired) electrons. The van der Waals surface area contributed by atoms with Gasteiger partial charge >= 0.3 is 0 Å². The summed E-state index contributed by atoms with van der Waals surface area (Å²) in [5, 5.41) is 9.20. The largest absolute Gasteiger partial charge is 0.322 e. The Morgan fingerprint density at radius 2 is 2.07 bits per heavy atom. The molecule has 1 aromatic rings. The molecule has 1 unspecified atom stereocenters. The molecule has 3 amide bonds. The molecule has 27 heavy (non-hydrogen) atoms. The molecular weight excluding hydrogens is 344 g/mol. The minimum Gasteiger partial charge on any atom is -0.322 e. The number of carbonyl (C=O) groups is 3. The third kappa shape index (κ3) is 3.37. The Balaban J connectivity index is 1.40. The smallest absolute Gasteiger partial charge is 0.255 e. The van der Waals surface area contributed by atoms with E-state index in [2.05, 4.69) is 22.9 Å². The summed E-state index contributed by atoms with van der Waals surface area (Å²) in [6.45, 7) is 6.45. The molecule has 0 saturated carbocycles. The van der Waals surface area contributed by atoms with Crippen molar-refractivity contribution in [2.45, 2.75) is 45.3 Å². The predicted octanol–water partition coefficient (Wildman–Crippen LogP) is 0.537. The van der Waals surface area contributed by atoms with Crippen molar-refractivity contribution in [1.29, 1.82) is 0 Å². The van der Waals surface area contributed by atoms with Gasteiger partial charge in [0.15, 0.2) is 0 Å². The van der Waals surface area contributed by atoms with Crippen LogP contribution < -0.4 is 16.0 Å². The Labute approximate surface area is 158 Å². The van der Waals surface area contributed by atoms with Gasteiger partial charge in [0, 0.05) is 50.1 Å². The molecule has 3 aliphatic heterocycles. The molecule has 2 saturated heterocycles. The molecule has 1 aromatic carbocycles. The van der Waals surface area contributed by atoms with Crippen LogP contribution >= 0.6 is 0 Å². The molecule has 0 spiro atoms. The van der Waals surface area contributed by atoms with Crippen molar-refractivity contribution in [1.82, 2.24) is 20.9 Å². The third-order valence-corrected chi connectivity index (χ3v) is 6.17. The molecule has 7 heteroatoms. The number of amides is 3. The van der Waals surface area contributed by atoms with Gasteiger partial charge in [-0.3, -0.25) is 19.7 Å². The van der Waals surface area contributed by atoms with E-state index in [1.807, 2.05) is 18.2 Å². The number of benzene rings is 1. The highest BCUT2D eigenvalue weighted by molar-refractivity contribution is 6.05. The Morgan fingerprint density at radius 1 is 1.26 bits per heavy atom. The second-order valence-electron chi connectivity index (χ2n) is 7.95. The first kappa shape index (κ1) is 18.1. The molecule has 0 aliphatic carbocycles. The fourth-order valence-electron chi connectivity index (χ4n) is 4.16. The van der Waals surface area contributed by atoms with Crippen molar-refractivity contribution in [3.05, 3.63) is 34.9 Å². The second-order valence-corrected chi connectivity index (χ2v) is 7.95. The first-order valence-corrected chi connectivity index (χ1v) is 9.69. The normalized spacial score (nSPS) is 23.8.